The highest BCUT2D eigenvalue weighted by molar-refractivity contribution is 6.00. The van der Waals surface area contributed by atoms with E-state index in [1.807, 2.05) is 82.4 Å². The van der Waals surface area contributed by atoms with Gasteiger partial charge in [-0.2, -0.15) is 0 Å². The van der Waals surface area contributed by atoms with Crippen molar-refractivity contribution in [2.75, 3.05) is 26.1 Å². The van der Waals surface area contributed by atoms with Gasteiger partial charge in [-0.05, 0) is 56.5 Å². The van der Waals surface area contributed by atoms with Crippen LogP contribution in [0.5, 0.6) is 5.75 Å². The van der Waals surface area contributed by atoms with Gasteiger partial charge in [0.05, 0.1) is 12.8 Å². The monoisotopic (exact) mass is 404 g/mol. The minimum Gasteiger partial charge on any atom is -0.496 e. The summed E-state index contributed by atoms with van der Waals surface area (Å²) in [6, 6.07) is 13.9. The summed E-state index contributed by atoms with van der Waals surface area (Å²) in [6.07, 6.45) is 5.09. The summed E-state index contributed by atoms with van der Waals surface area (Å²) < 4.78 is 11.0. The maximum Gasteiger partial charge on any atom is 0.331 e. The minimum atomic E-state index is -0.554. The number of anilines is 1. The number of pyridine rings is 1. The first-order valence-corrected chi connectivity index (χ1v) is 9.84. The number of carbonyl (C=O) groups excluding carboxylic acids is 1. The smallest absolute Gasteiger partial charge is 0.331 e. The molecule has 3 aromatic rings. The number of esters is 1. The second kappa shape index (κ2) is 8.57. The summed E-state index contributed by atoms with van der Waals surface area (Å²) in [6.45, 7) is 5.55. The van der Waals surface area contributed by atoms with E-state index in [4.69, 9.17) is 14.5 Å². The third-order valence-electron chi connectivity index (χ3n) is 4.59. The van der Waals surface area contributed by atoms with Crippen LogP contribution in [0.3, 0.4) is 0 Å². The molecule has 0 saturated carbocycles. The lowest BCUT2D eigenvalue weighted by Crippen LogP contribution is -2.22. The van der Waals surface area contributed by atoms with Gasteiger partial charge in [0.15, 0.2) is 0 Å². The van der Waals surface area contributed by atoms with Crippen LogP contribution in [0.2, 0.25) is 0 Å². The van der Waals surface area contributed by atoms with Crippen molar-refractivity contribution in [2.24, 2.45) is 0 Å². The van der Waals surface area contributed by atoms with Gasteiger partial charge in [-0.25, -0.2) is 4.79 Å². The standard InChI is InChI=1S/C25H28N2O3/c1-25(2,3)30-23(28)14-13-19-21-15-18(27(4)5)12-11-17(21)16-26-24(19)20-9-7-8-10-22(20)29-6/h7-16H,1-6H3/b14-13+. The Bertz CT molecular complexity index is 1100. The van der Waals surface area contributed by atoms with E-state index < -0.39 is 11.6 Å². The summed E-state index contributed by atoms with van der Waals surface area (Å²) in [7, 11) is 5.64. The van der Waals surface area contributed by atoms with Gasteiger partial charge >= 0.3 is 5.97 Å². The molecule has 3 rings (SSSR count). The van der Waals surface area contributed by atoms with Crippen molar-refractivity contribution in [3.05, 3.63) is 60.3 Å². The molecule has 5 heteroatoms. The molecule has 0 spiro atoms. The molecule has 2 aromatic carbocycles. The first-order chi connectivity index (χ1) is 14.2. The first kappa shape index (κ1) is 21.4. The van der Waals surface area contributed by atoms with E-state index in [9.17, 15) is 4.79 Å². The van der Waals surface area contributed by atoms with Gasteiger partial charge in [0.25, 0.3) is 0 Å². The number of hydrogen-bond donors (Lipinski definition) is 0. The quantitative estimate of drug-likeness (QED) is 0.425. The average molecular weight is 405 g/mol. The summed E-state index contributed by atoms with van der Waals surface area (Å²) in [5.74, 6) is 0.328. The number of hydrogen-bond acceptors (Lipinski definition) is 5. The van der Waals surface area contributed by atoms with E-state index in [1.165, 1.54) is 6.08 Å². The van der Waals surface area contributed by atoms with E-state index in [1.54, 1.807) is 13.2 Å². The van der Waals surface area contributed by atoms with Crippen molar-refractivity contribution in [1.82, 2.24) is 4.98 Å². The van der Waals surface area contributed by atoms with E-state index in [2.05, 4.69) is 6.07 Å². The predicted octanol–water partition coefficient (Wildman–Crippen LogP) is 5.33. The van der Waals surface area contributed by atoms with E-state index in [-0.39, 0.29) is 0 Å². The molecule has 0 fully saturated rings. The highest BCUT2D eigenvalue weighted by Crippen LogP contribution is 2.35. The van der Waals surface area contributed by atoms with Crippen LogP contribution in [0.4, 0.5) is 5.69 Å². The van der Waals surface area contributed by atoms with Crippen LogP contribution in [0.15, 0.2) is 54.7 Å². The Balaban J connectivity index is 2.23. The molecule has 0 aliphatic rings. The van der Waals surface area contributed by atoms with E-state index in [0.29, 0.717) is 0 Å². The van der Waals surface area contributed by atoms with Crippen molar-refractivity contribution in [3.8, 4) is 17.0 Å². The molecule has 0 radical (unpaired) electrons. The molecule has 5 nitrogen and oxygen atoms in total. The Hall–Kier alpha value is -3.34. The van der Waals surface area contributed by atoms with Crippen molar-refractivity contribution in [3.63, 3.8) is 0 Å². The second-order valence-corrected chi connectivity index (χ2v) is 8.25. The Labute approximate surface area is 177 Å². The minimum absolute atomic E-state index is 0.394. The second-order valence-electron chi connectivity index (χ2n) is 8.25. The van der Waals surface area contributed by atoms with Crippen LogP contribution < -0.4 is 9.64 Å². The fourth-order valence-corrected chi connectivity index (χ4v) is 3.21. The normalized spacial score (nSPS) is 11.7. The molecule has 0 aliphatic carbocycles. The van der Waals surface area contributed by atoms with Crippen molar-refractivity contribution < 1.29 is 14.3 Å². The van der Waals surface area contributed by atoms with Crippen LogP contribution in [0, 0.1) is 0 Å². The summed E-state index contributed by atoms with van der Waals surface area (Å²) >= 11 is 0. The predicted molar refractivity (Wildman–Crippen MR) is 123 cm³/mol. The number of para-hydroxylation sites is 1. The van der Waals surface area contributed by atoms with Gasteiger partial charge in [-0.1, -0.05) is 18.2 Å². The first-order valence-electron chi connectivity index (χ1n) is 9.84. The highest BCUT2D eigenvalue weighted by atomic mass is 16.6. The highest BCUT2D eigenvalue weighted by Gasteiger charge is 2.16. The summed E-state index contributed by atoms with van der Waals surface area (Å²) in [5.41, 5.74) is 2.96. The molecule has 0 aliphatic heterocycles. The number of carbonyl (C=O) groups is 1. The maximum absolute atomic E-state index is 12.4. The summed E-state index contributed by atoms with van der Waals surface area (Å²) in [4.78, 5) is 19.1. The molecular formula is C25H28N2O3. The van der Waals surface area contributed by atoms with Crippen molar-refractivity contribution in [2.45, 2.75) is 26.4 Å². The molecule has 30 heavy (non-hydrogen) atoms. The molecule has 1 heterocycles. The molecular weight excluding hydrogens is 376 g/mol. The van der Waals surface area contributed by atoms with Gasteiger partial charge in [0, 0.05) is 48.6 Å². The van der Waals surface area contributed by atoms with Gasteiger partial charge in [-0.15, -0.1) is 0 Å². The molecule has 0 N–H and O–H groups in total. The maximum atomic E-state index is 12.4. The number of methoxy groups -OCH3 is 1. The van der Waals surface area contributed by atoms with Gasteiger partial charge in [-0.3, -0.25) is 4.98 Å². The topological polar surface area (TPSA) is 51.7 Å². The lowest BCUT2D eigenvalue weighted by molar-refractivity contribution is -0.148. The lowest BCUT2D eigenvalue weighted by Gasteiger charge is -2.18. The number of ether oxygens (including phenoxy) is 2. The molecule has 0 unspecified atom stereocenters. The fraction of sp³-hybridized carbons (Fsp3) is 0.280. The van der Waals surface area contributed by atoms with Gasteiger partial charge in [0.2, 0.25) is 0 Å². The van der Waals surface area contributed by atoms with Gasteiger partial charge < -0.3 is 14.4 Å². The molecule has 0 atom stereocenters. The molecule has 1 aromatic heterocycles. The van der Waals surface area contributed by atoms with E-state index >= 15 is 0 Å². The Morgan fingerprint density at radius 3 is 2.50 bits per heavy atom. The molecule has 0 saturated heterocycles. The van der Waals surface area contributed by atoms with E-state index in [0.717, 1.165) is 39.0 Å². The Kier molecular flexibility index (Phi) is 6.11. The number of aromatic nitrogens is 1. The molecule has 0 bridgehead atoms. The molecule has 156 valence electrons. The van der Waals surface area contributed by atoms with Gasteiger partial charge in [0.1, 0.15) is 11.4 Å². The number of fused-ring (bicyclic) bond motifs is 1. The zero-order valence-electron chi connectivity index (χ0n) is 18.4. The fourth-order valence-electron chi connectivity index (χ4n) is 3.21. The Morgan fingerprint density at radius 2 is 1.83 bits per heavy atom. The van der Waals surface area contributed by atoms with Crippen molar-refractivity contribution >= 4 is 28.5 Å². The zero-order chi connectivity index (χ0) is 21.9. The SMILES string of the molecule is COc1ccccc1-c1ncc2ccc(N(C)C)cc2c1/C=C/C(=O)OC(C)(C)C. The van der Waals surface area contributed by atoms with Crippen molar-refractivity contribution in [1.29, 1.82) is 0 Å². The Morgan fingerprint density at radius 1 is 1.10 bits per heavy atom. The van der Waals surface area contributed by atoms with Crippen LogP contribution in [0.25, 0.3) is 28.1 Å². The largest absolute Gasteiger partial charge is 0.496 e. The number of benzene rings is 2. The third kappa shape index (κ3) is 4.79. The zero-order valence-corrected chi connectivity index (χ0v) is 18.4. The average Bonchev–Trinajstić information content (AvgIpc) is 2.70. The van der Waals surface area contributed by atoms with Crippen LogP contribution in [0.1, 0.15) is 26.3 Å². The number of rotatable bonds is 5. The van der Waals surface area contributed by atoms with Crippen LogP contribution in [-0.2, 0) is 9.53 Å². The third-order valence-corrected chi connectivity index (χ3v) is 4.59. The lowest BCUT2D eigenvalue weighted by atomic mass is 9.98. The molecule has 0 amide bonds. The summed E-state index contributed by atoms with van der Waals surface area (Å²) in [5, 5.41) is 1.99. The number of nitrogens with zero attached hydrogens (tertiary/aromatic N) is 2. The van der Waals surface area contributed by atoms with Crippen LogP contribution >= 0.6 is 0 Å². The van der Waals surface area contributed by atoms with Crippen LogP contribution in [-0.4, -0.2) is 37.8 Å².